The molecule has 0 spiro atoms. The van der Waals surface area contributed by atoms with Gasteiger partial charge in [0, 0.05) is 18.0 Å². The summed E-state index contributed by atoms with van der Waals surface area (Å²) in [7, 11) is 1.58. The maximum atomic E-state index is 13.4. The number of benzene rings is 1. The zero-order valence-corrected chi connectivity index (χ0v) is 14.6. The van der Waals surface area contributed by atoms with E-state index < -0.39 is 0 Å². The van der Waals surface area contributed by atoms with Gasteiger partial charge in [0.15, 0.2) is 5.84 Å². The summed E-state index contributed by atoms with van der Waals surface area (Å²) < 4.78 is 18.9. The Kier molecular flexibility index (Phi) is 4.61. The summed E-state index contributed by atoms with van der Waals surface area (Å²) in [5, 5.41) is 3.09. The molecule has 4 rings (SSSR count). The van der Waals surface area contributed by atoms with Crippen LogP contribution in [-0.4, -0.2) is 22.9 Å². The van der Waals surface area contributed by atoms with Gasteiger partial charge in [0.1, 0.15) is 29.5 Å². The molecule has 133 valence electrons. The Morgan fingerprint density at radius 1 is 0.926 bits per heavy atom. The van der Waals surface area contributed by atoms with Crippen LogP contribution in [0.5, 0.6) is 0 Å². The Morgan fingerprint density at radius 3 is 2.56 bits per heavy atom. The SMILES string of the molecule is COC1=C(c2ccc(-c3cccc(F)c3)cn2)N=C(c2ccccn2)N[CH]1. The smallest absolute Gasteiger partial charge is 0.153 e. The van der Waals surface area contributed by atoms with Crippen LogP contribution in [0, 0.1) is 12.4 Å². The Morgan fingerprint density at radius 2 is 1.85 bits per heavy atom. The van der Waals surface area contributed by atoms with Gasteiger partial charge in [-0.05, 0) is 35.9 Å². The van der Waals surface area contributed by atoms with Crippen molar-refractivity contribution in [3.63, 3.8) is 0 Å². The predicted octanol–water partition coefficient (Wildman–Crippen LogP) is 3.81. The molecule has 1 aromatic carbocycles. The Balaban J connectivity index is 1.70. The van der Waals surface area contributed by atoms with Crippen molar-refractivity contribution in [3.05, 3.63) is 96.5 Å². The number of hydrogen-bond donors (Lipinski definition) is 1. The van der Waals surface area contributed by atoms with E-state index in [2.05, 4.69) is 20.3 Å². The van der Waals surface area contributed by atoms with E-state index in [0.717, 1.165) is 16.8 Å². The molecule has 6 heteroatoms. The summed E-state index contributed by atoms with van der Waals surface area (Å²) >= 11 is 0. The van der Waals surface area contributed by atoms with Crippen LogP contribution in [0.2, 0.25) is 0 Å². The first kappa shape index (κ1) is 16.9. The van der Waals surface area contributed by atoms with Gasteiger partial charge in [-0.15, -0.1) is 0 Å². The quantitative estimate of drug-likeness (QED) is 0.770. The van der Waals surface area contributed by atoms with Crippen molar-refractivity contribution in [2.45, 2.75) is 0 Å². The van der Waals surface area contributed by atoms with Gasteiger partial charge in [-0.2, -0.15) is 0 Å². The average Bonchev–Trinajstić information content (AvgIpc) is 2.74. The summed E-state index contributed by atoms with van der Waals surface area (Å²) in [5.41, 5.74) is 3.56. The molecule has 2 aromatic heterocycles. The Hall–Kier alpha value is -3.54. The Labute approximate surface area is 156 Å². The van der Waals surface area contributed by atoms with Gasteiger partial charge in [-0.1, -0.05) is 24.3 Å². The molecule has 0 unspecified atom stereocenters. The lowest BCUT2D eigenvalue weighted by atomic mass is 10.1. The second kappa shape index (κ2) is 7.37. The highest BCUT2D eigenvalue weighted by Crippen LogP contribution is 2.26. The zero-order valence-electron chi connectivity index (χ0n) is 14.6. The highest BCUT2D eigenvalue weighted by Gasteiger charge is 2.20. The van der Waals surface area contributed by atoms with Crippen molar-refractivity contribution in [3.8, 4) is 11.1 Å². The topological polar surface area (TPSA) is 59.4 Å². The number of nitrogens with zero attached hydrogens (tertiary/aromatic N) is 3. The van der Waals surface area contributed by atoms with Gasteiger partial charge in [0.2, 0.25) is 0 Å². The van der Waals surface area contributed by atoms with E-state index in [-0.39, 0.29) is 5.82 Å². The predicted molar refractivity (Wildman–Crippen MR) is 102 cm³/mol. The van der Waals surface area contributed by atoms with Crippen molar-refractivity contribution in [2.24, 2.45) is 4.99 Å². The number of hydrogen-bond acceptors (Lipinski definition) is 5. The van der Waals surface area contributed by atoms with Crippen LogP contribution < -0.4 is 5.32 Å². The molecule has 0 atom stereocenters. The molecule has 0 saturated carbocycles. The van der Waals surface area contributed by atoms with E-state index >= 15 is 0 Å². The average molecular weight is 359 g/mol. The Bertz CT molecular complexity index is 1010. The minimum absolute atomic E-state index is 0.279. The van der Waals surface area contributed by atoms with E-state index in [9.17, 15) is 4.39 Å². The molecule has 0 aliphatic carbocycles. The third-order valence-corrected chi connectivity index (χ3v) is 4.09. The molecule has 1 radical (unpaired) electrons. The van der Waals surface area contributed by atoms with Crippen molar-refractivity contribution >= 4 is 11.5 Å². The normalized spacial score (nSPS) is 13.8. The third-order valence-electron chi connectivity index (χ3n) is 4.09. The molecule has 1 aliphatic heterocycles. The van der Waals surface area contributed by atoms with Gasteiger partial charge in [-0.25, -0.2) is 9.38 Å². The number of rotatable bonds is 4. The number of amidine groups is 1. The van der Waals surface area contributed by atoms with Crippen molar-refractivity contribution in [2.75, 3.05) is 7.11 Å². The number of halogens is 1. The lowest BCUT2D eigenvalue weighted by Gasteiger charge is -2.19. The van der Waals surface area contributed by atoms with Gasteiger partial charge < -0.3 is 10.1 Å². The van der Waals surface area contributed by atoms with Gasteiger partial charge in [-0.3, -0.25) is 9.97 Å². The second-order valence-corrected chi connectivity index (χ2v) is 5.82. The summed E-state index contributed by atoms with van der Waals surface area (Å²) in [6, 6.07) is 15.8. The standard InChI is InChI=1S/C21H16FN4O/c1-27-19-13-25-21(18-7-2-3-10-23-18)26-20(19)17-9-8-15(12-24-17)14-5-4-6-16(22)11-14/h2-13H,1H3,(H,25,26). The molecule has 27 heavy (non-hydrogen) atoms. The number of ether oxygens (including phenoxy) is 1. The molecule has 3 aromatic rings. The first-order valence-corrected chi connectivity index (χ1v) is 8.35. The minimum Gasteiger partial charge on any atom is -0.496 e. The van der Waals surface area contributed by atoms with E-state index in [1.54, 1.807) is 32.1 Å². The van der Waals surface area contributed by atoms with Crippen LogP contribution in [0.15, 0.2) is 77.7 Å². The van der Waals surface area contributed by atoms with Gasteiger partial charge in [0.25, 0.3) is 0 Å². The van der Waals surface area contributed by atoms with Crippen LogP contribution in [0.4, 0.5) is 4.39 Å². The molecular formula is C21H16FN4O. The zero-order chi connectivity index (χ0) is 18.6. The maximum Gasteiger partial charge on any atom is 0.153 e. The number of aliphatic imine (C=N–C) groups is 1. The van der Waals surface area contributed by atoms with E-state index in [1.165, 1.54) is 12.1 Å². The number of pyridine rings is 2. The lowest BCUT2D eigenvalue weighted by molar-refractivity contribution is 0.296. The first-order chi connectivity index (χ1) is 13.2. The van der Waals surface area contributed by atoms with Crippen molar-refractivity contribution in [1.82, 2.24) is 15.3 Å². The van der Waals surface area contributed by atoms with E-state index in [0.29, 0.717) is 23.0 Å². The minimum atomic E-state index is -0.279. The third kappa shape index (κ3) is 3.55. The fourth-order valence-corrected chi connectivity index (χ4v) is 2.75. The van der Waals surface area contributed by atoms with Crippen molar-refractivity contribution in [1.29, 1.82) is 0 Å². The largest absolute Gasteiger partial charge is 0.496 e. The number of nitrogens with one attached hydrogen (secondary N) is 1. The van der Waals surface area contributed by atoms with E-state index in [1.807, 2.05) is 36.4 Å². The molecule has 0 amide bonds. The van der Waals surface area contributed by atoms with Crippen LogP contribution in [-0.2, 0) is 4.74 Å². The molecule has 0 saturated heterocycles. The van der Waals surface area contributed by atoms with Crippen LogP contribution in [0.3, 0.4) is 0 Å². The van der Waals surface area contributed by atoms with Crippen LogP contribution in [0.25, 0.3) is 16.8 Å². The van der Waals surface area contributed by atoms with Crippen molar-refractivity contribution < 1.29 is 9.13 Å². The summed E-state index contributed by atoms with van der Waals surface area (Å²) in [6.07, 6.45) is 3.41. The van der Waals surface area contributed by atoms with Gasteiger partial charge >= 0.3 is 0 Å². The molecule has 1 aliphatic rings. The first-order valence-electron chi connectivity index (χ1n) is 8.35. The molecule has 0 fully saturated rings. The highest BCUT2D eigenvalue weighted by molar-refractivity contribution is 6.02. The molecular weight excluding hydrogens is 343 g/mol. The lowest BCUT2D eigenvalue weighted by Crippen LogP contribution is -2.28. The monoisotopic (exact) mass is 359 g/mol. The van der Waals surface area contributed by atoms with Gasteiger partial charge in [0.05, 0.1) is 12.8 Å². The maximum absolute atomic E-state index is 13.4. The summed E-state index contributed by atoms with van der Waals surface area (Å²) in [6.45, 7) is 1.73. The van der Waals surface area contributed by atoms with Crippen LogP contribution in [0.1, 0.15) is 11.4 Å². The molecule has 3 heterocycles. The number of methoxy groups -OCH3 is 1. The second-order valence-electron chi connectivity index (χ2n) is 5.82. The summed E-state index contributed by atoms with van der Waals surface area (Å²) in [5.74, 6) is 0.904. The molecule has 0 bridgehead atoms. The van der Waals surface area contributed by atoms with E-state index in [4.69, 9.17) is 4.74 Å². The highest BCUT2D eigenvalue weighted by atomic mass is 19.1. The number of aromatic nitrogens is 2. The fourth-order valence-electron chi connectivity index (χ4n) is 2.75. The fraction of sp³-hybridized carbons (Fsp3) is 0.0476. The molecule has 1 N–H and O–H groups in total. The molecule has 5 nitrogen and oxygen atoms in total. The summed E-state index contributed by atoms with van der Waals surface area (Å²) in [4.78, 5) is 13.4. The van der Waals surface area contributed by atoms with Crippen LogP contribution >= 0.6 is 0 Å².